The molecule has 0 bridgehead atoms. The Bertz CT molecular complexity index is 267. The Kier molecular flexibility index (Phi) is 3.29. The number of rotatable bonds is 4. The second-order valence-corrected chi connectivity index (χ2v) is 3.21. The molecule has 12 heavy (non-hydrogen) atoms. The number of unbranched alkanes of at least 4 members (excludes halogenated alkanes) is 1. The van der Waals surface area contributed by atoms with Gasteiger partial charge in [0.1, 0.15) is 0 Å². The zero-order valence-corrected chi connectivity index (χ0v) is 7.95. The van der Waals surface area contributed by atoms with Crippen molar-refractivity contribution in [1.29, 1.82) is 0 Å². The van der Waals surface area contributed by atoms with Crippen LogP contribution in [0.4, 0.5) is 0 Å². The van der Waals surface area contributed by atoms with Crippen LogP contribution in [0, 0.1) is 0 Å². The van der Waals surface area contributed by atoms with Crippen LogP contribution in [0.2, 0.25) is 0 Å². The summed E-state index contributed by atoms with van der Waals surface area (Å²) in [6.07, 6.45) is 5.11. The summed E-state index contributed by atoms with van der Waals surface area (Å²) in [5.41, 5.74) is 1.86. The smallest absolute Gasteiger partial charge is 0.190 e. The van der Waals surface area contributed by atoms with E-state index in [4.69, 9.17) is 5.11 Å². The van der Waals surface area contributed by atoms with Crippen LogP contribution >= 0.6 is 12.2 Å². The highest BCUT2D eigenvalue weighted by molar-refractivity contribution is 7.80. The normalized spacial score (nSPS) is 10.1. The number of aryl methyl sites for hydroxylation is 1. The second kappa shape index (κ2) is 4.26. The quantitative estimate of drug-likeness (QED) is 0.704. The number of hydrogen-bond donors (Lipinski definition) is 2. The Morgan fingerprint density at radius 2 is 2.42 bits per heavy atom. The van der Waals surface area contributed by atoms with Gasteiger partial charge in [-0.15, -0.1) is 0 Å². The first-order valence-electron chi connectivity index (χ1n) is 4.14. The lowest BCUT2D eigenvalue weighted by Crippen LogP contribution is -1.89. The van der Waals surface area contributed by atoms with Gasteiger partial charge < -0.3 is 10.1 Å². The van der Waals surface area contributed by atoms with Gasteiger partial charge in [-0.3, -0.25) is 0 Å². The third kappa shape index (κ3) is 2.34. The molecule has 1 rings (SSSR count). The molecule has 0 saturated heterocycles. The minimum Gasteiger partial charge on any atom is -0.498 e. The lowest BCUT2D eigenvalue weighted by Gasteiger charge is -1.92. The van der Waals surface area contributed by atoms with E-state index in [0.29, 0.717) is 0 Å². The first kappa shape index (κ1) is 9.26. The van der Waals surface area contributed by atoms with E-state index in [1.165, 1.54) is 6.42 Å². The summed E-state index contributed by atoms with van der Waals surface area (Å²) in [6, 6.07) is 1.90. The maximum absolute atomic E-state index is 8.97. The molecule has 66 valence electrons. The van der Waals surface area contributed by atoms with Gasteiger partial charge in [-0.1, -0.05) is 13.3 Å². The average molecular weight is 183 g/mol. The molecule has 1 aromatic rings. The fraction of sp³-hybridized carbons (Fsp3) is 0.444. The van der Waals surface area contributed by atoms with Crippen molar-refractivity contribution in [2.24, 2.45) is 0 Å². The Balaban J connectivity index is 2.58. The van der Waals surface area contributed by atoms with Crippen LogP contribution in [0.1, 0.15) is 31.0 Å². The van der Waals surface area contributed by atoms with Crippen LogP contribution in [0.25, 0.3) is 0 Å². The Morgan fingerprint density at radius 1 is 1.67 bits per heavy atom. The van der Waals surface area contributed by atoms with Crippen LogP contribution in [0.15, 0.2) is 12.3 Å². The number of hydrogen-bond acceptors (Lipinski definition) is 1. The molecular formula is C9H13NOS. The van der Waals surface area contributed by atoms with Crippen LogP contribution in [0.3, 0.4) is 0 Å². The minimum atomic E-state index is -0.0333. The molecule has 0 unspecified atom stereocenters. The van der Waals surface area contributed by atoms with E-state index in [9.17, 15) is 0 Å². The first-order valence-corrected chi connectivity index (χ1v) is 4.55. The predicted octanol–water partition coefficient (Wildman–Crippen LogP) is 2.59. The molecule has 0 fully saturated rings. The van der Waals surface area contributed by atoms with Crippen molar-refractivity contribution in [2.75, 3.05) is 0 Å². The maximum Gasteiger partial charge on any atom is 0.190 e. The fourth-order valence-electron chi connectivity index (χ4n) is 1.08. The van der Waals surface area contributed by atoms with Crippen molar-refractivity contribution in [2.45, 2.75) is 26.2 Å². The van der Waals surface area contributed by atoms with Crippen LogP contribution in [-0.2, 0) is 6.42 Å². The molecule has 0 radical (unpaired) electrons. The van der Waals surface area contributed by atoms with E-state index in [0.717, 1.165) is 24.1 Å². The molecule has 0 atom stereocenters. The highest BCUT2D eigenvalue weighted by Gasteiger charge is 2.01. The van der Waals surface area contributed by atoms with Crippen LogP contribution in [-0.4, -0.2) is 15.1 Å². The van der Waals surface area contributed by atoms with Crippen molar-refractivity contribution in [3.63, 3.8) is 0 Å². The summed E-state index contributed by atoms with van der Waals surface area (Å²) in [6.45, 7) is 2.15. The second-order valence-electron chi connectivity index (χ2n) is 2.82. The minimum absolute atomic E-state index is 0.0333. The molecule has 0 aromatic carbocycles. The first-order chi connectivity index (χ1) is 5.74. The summed E-state index contributed by atoms with van der Waals surface area (Å²) < 4.78 is 0. The molecule has 0 aliphatic carbocycles. The van der Waals surface area contributed by atoms with Gasteiger partial charge in [-0.25, -0.2) is 0 Å². The number of aromatic nitrogens is 1. The van der Waals surface area contributed by atoms with Crippen molar-refractivity contribution >= 4 is 17.3 Å². The summed E-state index contributed by atoms with van der Waals surface area (Å²) in [5, 5.41) is 8.94. The Labute approximate surface area is 77.6 Å². The van der Waals surface area contributed by atoms with Crippen molar-refractivity contribution in [3.8, 4) is 0 Å². The molecule has 2 N–H and O–H groups in total. The number of nitrogens with one attached hydrogen (secondary N) is 1. The number of H-pyrrole nitrogens is 1. The third-order valence-corrected chi connectivity index (χ3v) is 2.03. The van der Waals surface area contributed by atoms with Gasteiger partial charge in [0, 0.05) is 17.5 Å². The maximum atomic E-state index is 8.97. The Morgan fingerprint density at radius 3 is 2.92 bits per heavy atom. The third-order valence-electron chi connectivity index (χ3n) is 1.79. The van der Waals surface area contributed by atoms with E-state index in [1.54, 1.807) is 6.20 Å². The molecule has 1 aromatic heterocycles. The molecule has 0 aliphatic heterocycles. The topological polar surface area (TPSA) is 36.0 Å². The van der Waals surface area contributed by atoms with Crippen molar-refractivity contribution in [1.82, 2.24) is 4.98 Å². The van der Waals surface area contributed by atoms with Gasteiger partial charge in [0.2, 0.25) is 0 Å². The number of thiocarbonyl (C=S) groups is 1. The predicted molar refractivity (Wildman–Crippen MR) is 53.7 cm³/mol. The summed E-state index contributed by atoms with van der Waals surface area (Å²) >= 11 is 4.62. The lowest BCUT2D eigenvalue weighted by molar-refractivity contribution is 0.571. The van der Waals surface area contributed by atoms with Gasteiger partial charge in [-0.2, -0.15) is 0 Å². The highest BCUT2D eigenvalue weighted by Crippen LogP contribution is 2.07. The molecule has 0 spiro atoms. The summed E-state index contributed by atoms with van der Waals surface area (Å²) in [4.78, 5) is 3.07. The van der Waals surface area contributed by atoms with E-state index in [2.05, 4.69) is 24.1 Å². The lowest BCUT2D eigenvalue weighted by atomic mass is 10.2. The van der Waals surface area contributed by atoms with Gasteiger partial charge in [0.15, 0.2) is 5.05 Å². The largest absolute Gasteiger partial charge is 0.498 e. The molecule has 3 heteroatoms. The average Bonchev–Trinajstić information content (AvgIpc) is 2.48. The molecule has 2 nitrogen and oxygen atoms in total. The SMILES string of the molecule is CCCCc1cc(C(O)=S)c[nH]1. The number of aliphatic hydroxyl groups excluding tert-OH is 1. The molecule has 0 amide bonds. The van der Waals surface area contributed by atoms with Gasteiger partial charge in [-0.05, 0) is 31.1 Å². The zero-order chi connectivity index (χ0) is 8.97. The summed E-state index contributed by atoms with van der Waals surface area (Å²) in [7, 11) is 0. The standard InChI is InChI=1S/C9H13NOS/c1-2-3-4-8-5-7(6-10-8)9(11)12/h5-6,10H,2-4H2,1H3,(H,11,12). The molecule has 1 heterocycles. The van der Waals surface area contributed by atoms with Gasteiger partial charge >= 0.3 is 0 Å². The van der Waals surface area contributed by atoms with Crippen LogP contribution in [0.5, 0.6) is 0 Å². The van der Waals surface area contributed by atoms with E-state index < -0.39 is 0 Å². The fourth-order valence-corrected chi connectivity index (χ4v) is 1.19. The Hall–Kier alpha value is -0.830. The monoisotopic (exact) mass is 183 g/mol. The van der Waals surface area contributed by atoms with E-state index in [-0.39, 0.29) is 5.05 Å². The van der Waals surface area contributed by atoms with Crippen molar-refractivity contribution < 1.29 is 5.11 Å². The number of aromatic amines is 1. The molecular weight excluding hydrogens is 170 g/mol. The van der Waals surface area contributed by atoms with E-state index in [1.807, 2.05) is 6.07 Å². The van der Waals surface area contributed by atoms with Crippen LogP contribution < -0.4 is 0 Å². The van der Waals surface area contributed by atoms with Gasteiger partial charge in [0.25, 0.3) is 0 Å². The van der Waals surface area contributed by atoms with Crippen molar-refractivity contribution in [3.05, 3.63) is 23.5 Å². The van der Waals surface area contributed by atoms with Gasteiger partial charge in [0.05, 0.1) is 0 Å². The zero-order valence-electron chi connectivity index (χ0n) is 7.13. The summed E-state index contributed by atoms with van der Waals surface area (Å²) in [5.74, 6) is 0. The van der Waals surface area contributed by atoms with E-state index >= 15 is 0 Å². The highest BCUT2D eigenvalue weighted by atomic mass is 32.1. The molecule has 0 aliphatic rings. The molecule has 0 saturated carbocycles. The number of aliphatic hydroxyl groups is 1.